The maximum absolute atomic E-state index is 12.5. The molecule has 5 heterocycles. The first kappa shape index (κ1) is 21.9. The van der Waals surface area contributed by atoms with Gasteiger partial charge in [0.15, 0.2) is 5.82 Å². The van der Waals surface area contributed by atoms with E-state index in [9.17, 15) is 13.2 Å². The van der Waals surface area contributed by atoms with Crippen LogP contribution in [0.25, 0.3) is 11.1 Å². The fourth-order valence-electron chi connectivity index (χ4n) is 4.47. The van der Waals surface area contributed by atoms with Gasteiger partial charge in [-0.25, -0.2) is 17.9 Å². The molecule has 0 saturated carbocycles. The topological polar surface area (TPSA) is 126 Å². The third-order valence-electron chi connectivity index (χ3n) is 6.09. The highest BCUT2D eigenvalue weighted by molar-refractivity contribution is 7.88. The molecule has 2 aliphatic rings. The summed E-state index contributed by atoms with van der Waals surface area (Å²) in [4.78, 5) is 19.6. The van der Waals surface area contributed by atoms with Gasteiger partial charge in [0, 0.05) is 32.2 Å². The van der Waals surface area contributed by atoms with Crippen molar-refractivity contribution in [3.05, 3.63) is 46.6 Å². The SMILES string of the molecule is CS(=O)(=O)N1CC=C(c2cc(N3CCC[C@@H](NC(=O)c4cccs4)C3)c3c(N)ncnn23)C1. The van der Waals surface area contributed by atoms with Crippen molar-refractivity contribution in [3.8, 4) is 0 Å². The number of aromatic nitrogens is 3. The molecule has 3 aromatic rings. The highest BCUT2D eigenvalue weighted by Gasteiger charge is 2.29. The second-order valence-electron chi connectivity index (χ2n) is 8.34. The average molecular weight is 488 g/mol. The fourth-order valence-corrected chi connectivity index (χ4v) is 5.81. The van der Waals surface area contributed by atoms with E-state index in [2.05, 4.69) is 20.3 Å². The van der Waals surface area contributed by atoms with Gasteiger partial charge in [-0.2, -0.15) is 9.40 Å². The van der Waals surface area contributed by atoms with E-state index in [4.69, 9.17) is 5.73 Å². The Hall–Kier alpha value is -2.96. The molecule has 2 aliphatic heterocycles. The number of rotatable bonds is 5. The minimum Gasteiger partial charge on any atom is -0.382 e. The monoisotopic (exact) mass is 487 g/mol. The van der Waals surface area contributed by atoms with E-state index >= 15 is 0 Å². The molecule has 0 aromatic carbocycles. The van der Waals surface area contributed by atoms with Crippen molar-refractivity contribution in [3.63, 3.8) is 0 Å². The number of nitrogens with one attached hydrogen (secondary N) is 1. The lowest BCUT2D eigenvalue weighted by Gasteiger charge is -2.34. The predicted molar refractivity (Wildman–Crippen MR) is 129 cm³/mol. The van der Waals surface area contributed by atoms with Crippen LogP contribution in [0.3, 0.4) is 0 Å². The van der Waals surface area contributed by atoms with Gasteiger partial charge < -0.3 is 16.0 Å². The van der Waals surface area contributed by atoms with Crippen molar-refractivity contribution in [2.45, 2.75) is 18.9 Å². The van der Waals surface area contributed by atoms with Gasteiger partial charge in [-0.05, 0) is 35.9 Å². The Labute approximate surface area is 195 Å². The zero-order chi connectivity index (χ0) is 23.2. The Morgan fingerprint density at radius 1 is 1.36 bits per heavy atom. The average Bonchev–Trinajstić information content (AvgIpc) is 3.52. The van der Waals surface area contributed by atoms with Crippen molar-refractivity contribution in [1.29, 1.82) is 0 Å². The van der Waals surface area contributed by atoms with Crippen LogP contribution in [0.5, 0.6) is 0 Å². The summed E-state index contributed by atoms with van der Waals surface area (Å²) in [6.45, 7) is 2.07. The molecule has 10 nitrogen and oxygen atoms in total. The second kappa shape index (κ2) is 8.43. The highest BCUT2D eigenvalue weighted by Crippen LogP contribution is 2.35. The van der Waals surface area contributed by atoms with Crippen molar-refractivity contribution in [1.82, 2.24) is 24.2 Å². The zero-order valence-corrected chi connectivity index (χ0v) is 19.8. The molecule has 1 amide bonds. The number of anilines is 2. The summed E-state index contributed by atoms with van der Waals surface area (Å²) in [5.41, 5.74) is 9.51. The van der Waals surface area contributed by atoms with Crippen LogP contribution >= 0.6 is 11.3 Å². The number of hydrogen-bond acceptors (Lipinski definition) is 8. The van der Waals surface area contributed by atoms with Crippen molar-refractivity contribution >= 4 is 49.9 Å². The number of carbonyl (C=O) groups excluding carboxylic acids is 1. The lowest BCUT2D eigenvalue weighted by atomic mass is 10.0. The van der Waals surface area contributed by atoms with Gasteiger partial charge in [0.2, 0.25) is 10.0 Å². The van der Waals surface area contributed by atoms with E-state index in [0.29, 0.717) is 29.3 Å². The Balaban J connectivity index is 1.44. The predicted octanol–water partition coefficient (Wildman–Crippen LogP) is 1.43. The number of piperidine rings is 1. The summed E-state index contributed by atoms with van der Waals surface area (Å²) >= 11 is 1.42. The Morgan fingerprint density at radius 3 is 2.94 bits per heavy atom. The van der Waals surface area contributed by atoms with Crippen molar-refractivity contribution in [2.75, 3.05) is 43.1 Å². The van der Waals surface area contributed by atoms with Crippen LogP contribution in [-0.4, -0.2) is 71.7 Å². The standard InChI is InChI=1S/C21H25N7O3S2/c1-33(30,31)27-8-6-14(11-27)16-10-17(19-20(22)23-13-24-28(16)19)26-7-2-4-15(12-26)25-21(29)18-5-3-9-32-18/h3,5-6,9-10,13,15H,2,4,7-8,11-12H2,1H3,(H,25,29)(H2,22,23,24)/t15-/m1/s1. The van der Waals surface area contributed by atoms with Crippen LogP contribution in [0.4, 0.5) is 11.5 Å². The van der Waals surface area contributed by atoms with Gasteiger partial charge in [-0.1, -0.05) is 12.1 Å². The minimum atomic E-state index is -3.29. The Bertz CT molecular complexity index is 1330. The third-order valence-corrected chi connectivity index (χ3v) is 8.18. The first-order valence-corrected chi connectivity index (χ1v) is 13.4. The molecule has 3 aromatic heterocycles. The van der Waals surface area contributed by atoms with Crippen LogP contribution in [0, 0.1) is 0 Å². The van der Waals surface area contributed by atoms with Crippen LogP contribution in [0.15, 0.2) is 36.0 Å². The molecule has 0 bridgehead atoms. The summed E-state index contributed by atoms with van der Waals surface area (Å²) in [6.07, 6.45) is 6.34. The number of hydrogen-bond donors (Lipinski definition) is 2. The van der Waals surface area contributed by atoms with Gasteiger partial charge in [-0.3, -0.25) is 4.79 Å². The molecule has 1 saturated heterocycles. The van der Waals surface area contributed by atoms with Gasteiger partial charge in [0.1, 0.15) is 11.8 Å². The van der Waals surface area contributed by atoms with Crippen LogP contribution in [-0.2, 0) is 10.0 Å². The summed E-state index contributed by atoms with van der Waals surface area (Å²) in [5, 5.41) is 9.45. The molecular weight excluding hydrogens is 462 g/mol. The maximum atomic E-state index is 12.5. The van der Waals surface area contributed by atoms with Gasteiger partial charge >= 0.3 is 0 Å². The van der Waals surface area contributed by atoms with Crippen LogP contribution in [0.2, 0.25) is 0 Å². The highest BCUT2D eigenvalue weighted by atomic mass is 32.2. The second-order valence-corrected chi connectivity index (χ2v) is 11.3. The molecular formula is C21H25N7O3S2. The molecule has 0 unspecified atom stereocenters. The van der Waals surface area contributed by atoms with Crippen molar-refractivity contribution in [2.24, 2.45) is 0 Å². The van der Waals surface area contributed by atoms with E-state index in [1.54, 1.807) is 4.52 Å². The van der Waals surface area contributed by atoms with E-state index < -0.39 is 10.0 Å². The molecule has 12 heteroatoms. The normalized spacial score (nSPS) is 19.7. The third kappa shape index (κ3) is 4.21. The maximum Gasteiger partial charge on any atom is 0.261 e. The Kier molecular flexibility index (Phi) is 5.59. The number of sulfonamides is 1. The summed E-state index contributed by atoms with van der Waals surface area (Å²) in [7, 11) is -3.29. The van der Waals surface area contributed by atoms with E-state index in [1.807, 2.05) is 29.7 Å². The molecule has 5 rings (SSSR count). The van der Waals surface area contributed by atoms with Crippen LogP contribution < -0.4 is 16.0 Å². The number of amides is 1. The van der Waals surface area contributed by atoms with Gasteiger partial charge in [0.05, 0.1) is 22.5 Å². The molecule has 3 N–H and O–H groups in total. The summed E-state index contributed by atoms with van der Waals surface area (Å²) < 4.78 is 27.1. The lowest BCUT2D eigenvalue weighted by molar-refractivity contribution is 0.0937. The summed E-state index contributed by atoms with van der Waals surface area (Å²) in [5.74, 6) is 0.300. The first-order chi connectivity index (χ1) is 15.8. The fraction of sp³-hybridized carbons (Fsp3) is 0.381. The zero-order valence-electron chi connectivity index (χ0n) is 18.1. The molecule has 174 valence electrons. The van der Waals surface area contributed by atoms with E-state index in [-0.39, 0.29) is 18.5 Å². The largest absolute Gasteiger partial charge is 0.382 e. The number of fused-ring (bicyclic) bond motifs is 1. The number of nitrogen functional groups attached to an aromatic ring is 1. The van der Waals surface area contributed by atoms with Gasteiger partial charge in [0.25, 0.3) is 5.91 Å². The van der Waals surface area contributed by atoms with Crippen LogP contribution in [0.1, 0.15) is 28.2 Å². The molecule has 0 radical (unpaired) electrons. The van der Waals surface area contributed by atoms with E-state index in [1.165, 1.54) is 28.2 Å². The lowest BCUT2D eigenvalue weighted by Crippen LogP contribution is -2.47. The quantitative estimate of drug-likeness (QED) is 0.558. The smallest absolute Gasteiger partial charge is 0.261 e. The first-order valence-electron chi connectivity index (χ1n) is 10.7. The molecule has 0 spiro atoms. The minimum absolute atomic E-state index is 0.00373. The summed E-state index contributed by atoms with van der Waals surface area (Å²) in [6, 6.07) is 5.69. The number of nitrogens with zero attached hydrogens (tertiary/aromatic N) is 5. The number of carbonyl (C=O) groups is 1. The molecule has 1 atom stereocenters. The van der Waals surface area contributed by atoms with Crippen molar-refractivity contribution < 1.29 is 13.2 Å². The van der Waals surface area contributed by atoms with E-state index in [0.717, 1.165) is 36.3 Å². The Morgan fingerprint density at radius 2 is 2.21 bits per heavy atom. The molecule has 0 aliphatic carbocycles. The number of nitrogens with two attached hydrogens (primary N) is 1. The molecule has 33 heavy (non-hydrogen) atoms. The molecule has 1 fully saturated rings. The van der Waals surface area contributed by atoms with Gasteiger partial charge in [-0.15, -0.1) is 11.3 Å². The number of thiophene rings is 1.